The molecule has 0 aliphatic heterocycles. The Balaban J connectivity index is 2.70. The molecule has 1 rings (SSSR count). The van der Waals surface area contributed by atoms with Gasteiger partial charge in [0.15, 0.2) is 0 Å². The van der Waals surface area contributed by atoms with Crippen molar-refractivity contribution in [3.8, 4) is 0 Å². The summed E-state index contributed by atoms with van der Waals surface area (Å²) >= 11 is 0. The molecule has 0 spiro atoms. The summed E-state index contributed by atoms with van der Waals surface area (Å²) in [4.78, 5) is 11.7. The largest absolute Gasteiger partial charge is 0.456 e. The highest BCUT2D eigenvalue weighted by molar-refractivity contribution is 6.70. The first-order valence-corrected chi connectivity index (χ1v) is 13.4. The van der Waals surface area contributed by atoms with E-state index in [-0.39, 0.29) is 5.78 Å². The Kier molecular flexibility index (Phi) is 5.08. The van der Waals surface area contributed by atoms with E-state index >= 15 is 0 Å². The summed E-state index contributed by atoms with van der Waals surface area (Å²) in [6.07, 6.45) is 1.33. The fourth-order valence-corrected chi connectivity index (χ4v) is 2.22. The summed E-state index contributed by atoms with van der Waals surface area (Å²) in [6, 6.07) is 0. The van der Waals surface area contributed by atoms with Gasteiger partial charge >= 0.3 is 0 Å². The number of nitrogens with zero attached hydrogens (tertiary/aromatic N) is 2. The minimum absolute atomic E-state index is 0.127. The van der Waals surface area contributed by atoms with Gasteiger partial charge in [0, 0.05) is 19.3 Å². The zero-order chi connectivity index (χ0) is 14.7. The number of ketones is 1. The second-order valence-electron chi connectivity index (χ2n) is 6.79. The van der Waals surface area contributed by atoms with Gasteiger partial charge in [-0.25, -0.2) is 0 Å². The van der Waals surface area contributed by atoms with Crippen molar-refractivity contribution in [1.82, 2.24) is 0 Å². The van der Waals surface area contributed by atoms with Gasteiger partial charge in [0.2, 0.25) is 0 Å². The van der Waals surface area contributed by atoms with Crippen molar-refractivity contribution in [2.45, 2.75) is 58.5 Å². The van der Waals surface area contributed by atoms with E-state index in [1.165, 1.54) is 0 Å². The lowest BCUT2D eigenvalue weighted by atomic mass is 9.95. The highest BCUT2D eigenvalue weighted by Crippen LogP contribution is 2.14. The summed E-state index contributed by atoms with van der Waals surface area (Å²) in [5.41, 5.74) is 1.52. The minimum atomic E-state index is -1.70. The summed E-state index contributed by atoms with van der Waals surface area (Å²) in [6.45, 7) is 12.4. The smallest absolute Gasteiger partial charge is 0.278 e. The van der Waals surface area contributed by atoms with Crippen LogP contribution >= 0.6 is 0 Å². The first kappa shape index (κ1) is 16.1. The molecule has 0 N–H and O–H groups in total. The van der Waals surface area contributed by atoms with Gasteiger partial charge in [-0.05, 0) is 39.3 Å². The van der Waals surface area contributed by atoms with E-state index in [0.29, 0.717) is 19.3 Å². The van der Waals surface area contributed by atoms with Crippen LogP contribution < -0.4 is 0 Å². The fourth-order valence-electron chi connectivity index (χ4n) is 1.41. The standard InChI is InChI=1S/C12H24N2O3Si2/c1-18(2,3)16-13-10-7-11(9-12(15)8-10)14-17-19(4,5)6/h7-9H2,1-6H3. The molecule has 0 radical (unpaired) electrons. The van der Waals surface area contributed by atoms with Gasteiger partial charge in [-0.15, -0.1) is 10.3 Å². The fraction of sp³-hybridized carbons (Fsp3) is 0.750. The van der Waals surface area contributed by atoms with Gasteiger partial charge in [0.05, 0.1) is 11.4 Å². The van der Waals surface area contributed by atoms with Crippen LogP contribution in [-0.2, 0) is 13.8 Å². The van der Waals surface area contributed by atoms with E-state index in [9.17, 15) is 4.79 Å². The average Bonchev–Trinajstić information content (AvgIpc) is 2.21. The molecule has 7 heteroatoms. The van der Waals surface area contributed by atoms with E-state index in [2.05, 4.69) is 49.6 Å². The quantitative estimate of drug-likeness (QED) is 0.592. The van der Waals surface area contributed by atoms with Crippen LogP contribution in [0.1, 0.15) is 19.3 Å². The van der Waals surface area contributed by atoms with Crippen molar-refractivity contribution >= 4 is 33.8 Å². The van der Waals surface area contributed by atoms with Crippen LogP contribution in [0.4, 0.5) is 0 Å². The molecule has 0 aromatic heterocycles. The molecule has 19 heavy (non-hydrogen) atoms. The SMILES string of the molecule is C[Si](C)(C)ON=C1CC(=O)CC(=NO[Si](C)(C)C)C1. The predicted molar refractivity (Wildman–Crippen MR) is 82.6 cm³/mol. The number of carbonyl (C=O) groups is 1. The first-order valence-electron chi connectivity index (χ1n) is 6.55. The molecular formula is C12H24N2O3Si2. The lowest BCUT2D eigenvalue weighted by Gasteiger charge is -2.19. The number of hydrogen-bond acceptors (Lipinski definition) is 5. The van der Waals surface area contributed by atoms with Crippen molar-refractivity contribution < 1.29 is 13.8 Å². The minimum Gasteiger partial charge on any atom is -0.456 e. The van der Waals surface area contributed by atoms with Crippen molar-refractivity contribution in [2.24, 2.45) is 10.3 Å². The van der Waals surface area contributed by atoms with E-state index in [1.54, 1.807) is 0 Å². The zero-order valence-corrected chi connectivity index (χ0v) is 14.7. The number of Topliss-reactive ketones (excluding diaryl/α,β-unsaturated/α-hetero) is 1. The van der Waals surface area contributed by atoms with E-state index in [4.69, 9.17) is 9.05 Å². The predicted octanol–water partition coefficient (Wildman–Crippen LogP) is 3.15. The molecule has 0 heterocycles. The van der Waals surface area contributed by atoms with Crippen molar-refractivity contribution in [2.75, 3.05) is 0 Å². The molecule has 1 saturated carbocycles. The van der Waals surface area contributed by atoms with Crippen molar-refractivity contribution in [1.29, 1.82) is 0 Å². The summed E-state index contributed by atoms with van der Waals surface area (Å²) in [5, 5.41) is 8.26. The van der Waals surface area contributed by atoms with Crippen LogP contribution in [0.5, 0.6) is 0 Å². The topological polar surface area (TPSA) is 60.2 Å². The first-order chi connectivity index (χ1) is 8.55. The summed E-state index contributed by atoms with van der Waals surface area (Å²) in [7, 11) is -3.39. The third kappa shape index (κ3) is 7.26. The Bertz CT molecular complexity index is 370. The van der Waals surface area contributed by atoms with Crippen molar-refractivity contribution in [3.63, 3.8) is 0 Å². The van der Waals surface area contributed by atoms with Gasteiger partial charge in [-0.1, -0.05) is 0 Å². The molecule has 0 amide bonds. The van der Waals surface area contributed by atoms with Crippen molar-refractivity contribution in [3.05, 3.63) is 0 Å². The van der Waals surface area contributed by atoms with Gasteiger partial charge in [-0.3, -0.25) is 4.79 Å². The highest BCUT2D eigenvalue weighted by Gasteiger charge is 2.24. The molecule has 0 saturated heterocycles. The van der Waals surface area contributed by atoms with Crippen LogP contribution in [0.3, 0.4) is 0 Å². The molecule has 1 aliphatic rings. The summed E-state index contributed by atoms with van der Waals surface area (Å²) in [5.74, 6) is 0.127. The molecule has 5 nitrogen and oxygen atoms in total. The van der Waals surface area contributed by atoms with E-state index in [0.717, 1.165) is 11.4 Å². The Hall–Kier alpha value is -0.956. The Morgan fingerprint density at radius 1 is 0.789 bits per heavy atom. The molecule has 0 atom stereocenters. The number of carbonyl (C=O) groups excluding carboxylic acids is 1. The van der Waals surface area contributed by atoms with Gasteiger partial charge in [-0.2, -0.15) is 0 Å². The summed E-state index contributed by atoms with van der Waals surface area (Å²) < 4.78 is 11.0. The Morgan fingerprint density at radius 2 is 1.16 bits per heavy atom. The molecule has 108 valence electrons. The maximum atomic E-state index is 11.7. The molecular weight excluding hydrogens is 276 g/mol. The molecule has 0 aromatic rings. The van der Waals surface area contributed by atoms with Crippen LogP contribution in [-0.4, -0.2) is 33.8 Å². The number of oxime groups is 2. The second kappa shape index (κ2) is 6.00. The number of hydrogen-bond donors (Lipinski definition) is 0. The van der Waals surface area contributed by atoms with Crippen LogP contribution in [0.2, 0.25) is 39.3 Å². The lowest BCUT2D eigenvalue weighted by Crippen LogP contribution is -2.28. The van der Waals surface area contributed by atoms with Crippen LogP contribution in [0.15, 0.2) is 10.3 Å². The van der Waals surface area contributed by atoms with Gasteiger partial charge in [0.25, 0.3) is 16.6 Å². The molecule has 1 aliphatic carbocycles. The third-order valence-corrected chi connectivity index (χ3v) is 3.39. The monoisotopic (exact) mass is 300 g/mol. The Morgan fingerprint density at radius 3 is 1.47 bits per heavy atom. The molecule has 0 unspecified atom stereocenters. The van der Waals surface area contributed by atoms with E-state index in [1.807, 2.05) is 0 Å². The number of rotatable bonds is 4. The lowest BCUT2D eigenvalue weighted by molar-refractivity contribution is -0.117. The van der Waals surface area contributed by atoms with Crippen LogP contribution in [0.25, 0.3) is 0 Å². The van der Waals surface area contributed by atoms with Gasteiger partial charge < -0.3 is 9.05 Å². The molecule has 0 aromatic carbocycles. The zero-order valence-electron chi connectivity index (χ0n) is 12.7. The maximum absolute atomic E-state index is 11.7. The molecule has 1 fully saturated rings. The van der Waals surface area contributed by atoms with E-state index < -0.39 is 16.6 Å². The average molecular weight is 301 g/mol. The Labute approximate surface area is 117 Å². The van der Waals surface area contributed by atoms with Crippen LogP contribution in [0, 0.1) is 0 Å². The molecule has 0 bridgehead atoms. The van der Waals surface area contributed by atoms with Gasteiger partial charge in [0.1, 0.15) is 5.78 Å². The maximum Gasteiger partial charge on any atom is 0.278 e. The second-order valence-corrected chi connectivity index (χ2v) is 15.6. The normalized spacial score (nSPS) is 21.9. The third-order valence-electron chi connectivity index (χ3n) is 2.11. The highest BCUT2D eigenvalue weighted by atomic mass is 28.4.